The Morgan fingerprint density at radius 2 is 2.00 bits per heavy atom. The number of aliphatic hydroxyl groups is 1. The van der Waals surface area contributed by atoms with E-state index in [0.29, 0.717) is 24.5 Å². The number of nitro benzene ring substituents is 1. The third-order valence-corrected chi connectivity index (χ3v) is 4.45. The fourth-order valence-electron chi connectivity index (χ4n) is 2.30. The first-order valence-corrected chi connectivity index (χ1v) is 8.20. The number of para-hydroxylation sites is 1. The minimum atomic E-state index is -0.432. The zero-order valence-corrected chi connectivity index (χ0v) is 13.5. The van der Waals surface area contributed by atoms with Crippen LogP contribution >= 0.6 is 11.3 Å². The summed E-state index contributed by atoms with van der Waals surface area (Å²) in [5.74, 6) is 0. The van der Waals surface area contributed by atoms with Gasteiger partial charge in [-0.1, -0.05) is 12.1 Å². The number of nitro groups is 1. The fraction of sp³-hybridized carbons (Fsp3) is 0.188. The Morgan fingerprint density at radius 1 is 1.17 bits per heavy atom. The van der Waals surface area contributed by atoms with Crippen molar-refractivity contribution in [2.24, 2.45) is 0 Å². The van der Waals surface area contributed by atoms with E-state index in [4.69, 9.17) is 5.11 Å². The first-order valence-electron chi connectivity index (χ1n) is 7.39. The lowest BCUT2D eigenvalue weighted by molar-refractivity contribution is -0.384. The van der Waals surface area contributed by atoms with E-state index >= 15 is 0 Å². The van der Waals surface area contributed by atoms with Gasteiger partial charge in [-0.05, 0) is 18.2 Å². The Labute approximate surface area is 142 Å². The van der Waals surface area contributed by atoms with Crippen molar-refractivity contribution in [3.8, 4) is 0 Å². The molecule has 0 unspecified atom stereocenters. The van der Waals surface area contributed by atoms with E-state index in [1.807, 2.05) is 24.3 Å². The molecule has 3 N–H and O–H groups in total. The zero-order valence-electron chi connectivity index (χ0n) is 12.7. The third-order valence-electron chi connectivity index (χ3n) is 3.41. The van der Waals surface area contributed by atoms with Crippen LogP contribution in [-0.4, -0.2) is 28.2 Å². The van der Waals surface area contributed by atoms with Gasteiger partial charge < -0.3 is 15.7 Å². The summed E-state index contributed by atoms with van der Waals surface area (Å²) in [6.07, 6.45) is 0. The van der Waals surface area contributed by atoms with Gasteiger partial charge in [0.25, 0.3) is 5.69 Å². The molecule has 2 aromatic carbocycles. The van der Waals surface area contributed by atoms with Gasteiger partial charge >= 0.3 is 0 Å². The summed E-state index contributed by atoms with van der Waals surface area (Å²) in [4.78, 5) is 15.1. The summed E-state index contributed by atoms with van der Waals surface area (Å²) in [6.45, 7) is 0.816. The van der Waals surface area contributed by atoms with Crippen LogP contribution in [0.2, 0.25) is 0 Å². The molecule has 0 aliphatic heterocycles. The van der Waals surface area contributed by atoms with Crippen LogP contribution in [0.3, 0.4) is 0 Å². The largest absolute Gasteiger partial charge is 0.395 e. The molecule has 0 amide bonds. The lowest BCUT2D eigenvalue weighted by Gasteiger charge is -2.12. The predicted octanol–water partition coefficient (Wildman–Crippen LogP) is 3.22. The van der Waals surface area contributed by atoms with Crippen molar-refractivity contribution in [3.63, 3.8) is 0 Å². The monoisotopic (exact) mass is 344 g/mol. The molecular formula is C16H16N4O3S. The number of hydrogen-bond donors (Lipinski definition) is 3. The Morgan fingerprint density at radius 3 is 2.75 bits per heavy atom. The van der Waals surface area contributed by atoms with Gasteiger partial charge in [-0.2, -0.15) is 0 Å². The van der Waals surface area contributed by atoms with Gasteiger partial charge in [-0.25, -0.2) is 4.98 Å². The maximum atomic E-state index is 11.0. The van der Waals surface area contributed by atoms with Gasteiger partial charge in [0.2, 0.25) is 0 Å². The first kappa shape index (κ1) is 16.2. The summed E-state index contributed by atoms with van der Waals surface area (Å²) in [7, 11) is 0. The summed E-state index contributed by atoms with van der Waals surface area (Å²) in [5.41, 5.74) is 2.26. The lowest BCUT2D eigenvalue weighted by Crippen LogP contribution is -2.09. The zero-order chi connectivity index (χ0) is 16.9. The van der Waals surface area contributed by atoms with Crippen LogP contribution in [0.5, 0.6) is 0 Å². The Hall–Kier alpha value is -2.71. The number of thiazole rings is 1. The molecule has 1 aromatic heterocycles. The smallest absolute Gasteiger partial charge is 0.271 e. The van der Waals surface area contributed by atoms with Crippen LogP contribution in [-0.2, 0) is 6.54 Å². The molecule has 24 heavy (non-hydrogen) atoms. The molecule has 3 aromatic rings. The van der Waals surface area contributed by atoms with Gasteiger partial charge in [-0.15, -0.1) is 11.3 Å². The number of fused-ring (bicyclic) bond motifs is 1. The normalized spacial score (nSPS) is 10.7. The van der Waals surface area contributed by atoms with Crippen LogP contribution in [0, 0.1) is 10.1 Å². The fourth-order valence-corrected chi connectivity index (χ4v) is 3.21. The van der Waals surface area contributed by atoms with Gasteiger partial charge in [0.1, 0.15) is 5.01 Å². The molecule has 3 rings (SSSR count). The maximum absolute atomic E-state index is 11.0. The second-order valence-corrected chi connectivity index (χ2v) is 6.18. The molecule has 124 valence electrons. The molecule has 0 aliphatic rings. The topological polar surface area (TPSA) is 100 Å². The Kier molecular flexibility index (Phi) is 4.88. The number of nitrogens with one attached hydrogen (secondary N) is 2. The minimum absolute atomic E-state index is 0.0105. The minimum Gasteiger partial charge on any atom is -0.395 e. The molecule has 0 spiro atoms. The summed E-state index contributed by atoms with van der Waals surface area (Å²) >= 11 is 1.58. The summed E-state index contributed by atoms with van der Waals surface area (Å²) in [5, 5.41) is 27.1. The molecule has 8 heteroatoms. The molecule has 0 saturated carbocycles. The first-order chi connectivity index (χ1) is 11.7. The van der Waals surface area contributed by atoms with Crippen molar-refractivity contribution in [1.29, 1.82) is 0 Å². The number of benzene rings is 2. The molecule has 0 aliphatic carbocycles. The number of rotatable bonds is 7. The van der Waals surface area contributed by atoms with Crippen molar-refractivity contribution in [1.82, 2.24) is 4.98 Å². The van der Waals surface area contributed by atoms with Crippen LogP contribution in [0.4, 0.5) is 17.1 Å². The van der Waals surface area contributed by atoms with Crippen LogP contribution in [0.15, 0.2) is 42.5 Å². The highest BCUT2D eigenvalue weighted by atomic mass is 32.1. The number of non-ortho nitro benzene ring substituents is 1. The van der Waals surface area contributed by atoms with Crippen LogP contribution in [0.1, 0.15) is 5.01 Å². The van der Waals surface area contributed by atoms with E-state index in [1.165, 1.54) is 12.1 Å². The number of nitrogens with zero attached hydrogens (tertiary/aromatic N) is 2. The molecule has 0 atom stereocenters. The molecule has 1 heterocycles. The number of hydrogen-bond acceptors (Lipinski definition) is 7. The highest BCUT2D eigenvalue weighted by Crippen LogP contribution is 2.28. The third kappa shape index (κ3) is 3.61. The highest BCUT2D eigenvalue weighted by molar-refractivity contribution is 7.18. The van der Waals surface area contributed by atoms with E-state index in [-0.39, 0.29) is 12.3 Å². The average Bonchev–Trinajstić information content (AvgIpc) is 3.01. The quantitative estimate of drug-likeness (QED) is 0.449. The number of anilines is 2. The summed E-state index contributed by atoms with van der Waals surface area (Å²) in [6, 6.07) is 12.4. The van der Waals surface area contributed by atoms with Crippen molar-refractivity contribution in [3.05, 3.63) is 57.6 Å². The average molecular weight is 344 g/mol. The summed E-state index contributed by atoms with van der Waals surface area (Å²) < 4.78 is 1.10. The van der Waals surface area contributed by atoms with Gasteiger partial charge in [0.05, 0.1) is 39.7 Å². The lowest BCUT2D eigenvalue weighted by atomic mass is 10.2. The van der Waals surface area contributed by atoms with Crippen molar-refractivity contribution in [2.75, 3.05) is 23.8 Å². The molecule has 0 radical (unpaired) electrons. The second kappa shape index (κ2) is 7.24. The molecule has 0 saturated heterocycles. The molecule has 0 fully saturated rings. The van der Waals surface area contributed by atoms with Crippen molar-refractivity contribution >= 4 is 38.6 Å². The predicted molar refractivity (Wildman–Crippen MR) is 95.6 cm³/mol. The maximum Gasteiger partial charge on any atom is 0.271 e. The molecular weight excluding hydrogens is 328 g/mol. The SMILES string of the molecule is O=[N+]([O-])c1ccc(NCCO)c(NCc2nc3ccccc3s2)c1. The molecule has 0 bridgehead atoms. The van der Waals surface area contributed by atoms with E-state index in [0.717, 1.165) is 15.2 Å². The van der Waals surface area contributed by atoms with E-state index in [2.05, 4.69) is 15.6 Å². The van der Waals surface area contributed by atoms with Crippen LogP contribution in [0.25, 0.3) is 10.2 Å². The number of aromatic nitrogens is 1. The van der Waals surface area contributed by atoms with E-state index in [9.17, 15) is 10.1 Å². The number of aliphatic hydroxyl groups excluding tert-OH is 1. The van der Waals surface area contributed by atoms with E-state index in [1.54, 1.807) is 17.4 Å². The van der Waals surface area contributed by atoms with Gasteiger partial charge in [0, 0.05) is 18.7 Å². The van der Waals surface area contributed by atoms with E-state index < -0.39 is 4.92 Å². The highest BCUT2D eigenvalue weighted by Gasteiger charge is 2.11. The van der Waals surface area contributed by atoms with Crippen molar-refractivity contribution in [2.45, 2.75) is 6.54 Å². The van der Waals surface area contributed by atoms with Gasteiger partial charge in [-0.3, -0.25) is 10.1 Å². The Balaban J connectivity index is 1.81. The van der Waals surface area contributed by atoms with Gasteiger partial charge in [0.15, 0.2) is 0 Å². The second-order valence-electron chi connectivity index (χ2n) is 5.07. The van der Waals surface area contributed by atoms with Crippen LogP contribution < -0.4 is 10.6 Å². The van der Waals surface area contributed by atoms with Crippen molar-refractivity contribution < 1.29 is 10.0 Å². The molecule has 7 nitrogen and oxygen atoms in total. The Bertz CT molecular complexity index is 832. The standard InChI is InChI=1S/C16H16N4O3S/c21-8-7-17-12-6-5-11(20(22)23)9-14(12)18-10-16-19-13-3-1-2-4-15(13)24-16/h1-6,9,17-18,21H,7-8,10H2.